The van der Waals surface area contributed by atoms with Crippen molar-refractivity contribution in [2.24, 2.45) is 0 Å². The number of imidazole rings is 1. The Labute approximate surface area is 94.3 Å². The van der Waals surface area contributed by atoms with E-state index >= 15 is 0 Å². The summed E-state index contributed by atoms with van der Waals surface area (Å²) in [6, 6.07) is 1.50. The number of rotatable bonds is 0. The molecular formula is C10H7F3N4. The molecule has 17 heavy (non-hydrogen) atoms. The van der Waals surface area contributed by atoms with Crippen molar-refractivity contribution in [2.45, 2.75) is 20.0 Å². The molecule has 0 aliphatic heterocycles. The van der Waals surface area contributed by atoms with Crippen molar-refractivity contribution < 1.29 is 13.2 Å². The molecule has 0 fully saturated rings. The zero-order chi connectivity index (χ0) is 12.8. The summed E-state index contributed by atoms with van der Waals surface area (Å²) in [5.41, 5.74) is -1.01. The molecule has 0 unspecified atom stereocenters. The lowest BCUT2D eigenvalue weighted by Crippen LogP contribution is -2.15. The van der Waals surface area contributed by atoms with E-state index in [0.717, 1.165) is 10.6 Å². The van der Waals surface area contributed by atoms with E-state index in [4.69, 9.17) is 5.26 Å². The largest absolute Gasteiger partial charge is 0.433 e. The Morgan fingerprint density at radius 1 is 1.35 bits per heavy atom. The highest BCUT2D eigenvalue weighted by atomic mass is 19.4. The van der Waals surface area contributed by atoms with Crippen molar-refractivity contribution in [2.75, 3.05) is 0 Å². The first-order valence-electron chi connectivity index (χ1n) is 4.68. The standard InChI is InChI=1S/C10H7F3N4/c1-5-9-15-4-7(3-14)8(10(11,12)13)17(9)6(2)16-5/h4H,1-2H3. The molecule has 0 radical (unpaired) electrons. The van der Waals surface area contributed by atoms with E-state index < -0.39 is 17.4 Å². The molecule has 2 aromatic rings. The van der Waals surface area contributed by atoms with Gasteiger partial charge in [0, 0.05) is 6.20 Å². The van der Waals surface area contributed by atoms with Crippen LogP contribution in [0.1, 0.15) is 22.8 Å². The molecule has 0 aliphatic rings. The second kappa shape index (κ2) is 3.45. The lowest BCUT2D eigenvalue weighted by Gasteiger charge is -2.11. The van der Waals surface area contributed by atoms with Crippen LogP contribution in [-0.4, -0.2) is 14.4 Å². The number of alkyl halides is 3. The normalized spacial score (nSPS) is 11.8. The van der Waals surface area contributed by atoms with Gasteiger partial charge in [0.25, 0.3) is 0 Å². The quantitative estimate of drug-likeness (QED) is 0.709. The lowest BCUT2D eigenvalue weighted by molar-refractivity contribution is -0.142. The van der Waals surface area contributed by atoms with E-state index in [1.165, 1.54) is 13.0 Å². The number of halogens is 3. The van der Waals surface area contributed by atoms with E-state index in [9.17, 15) is 13.2 Å². The van der Waals surface area contributed by atoms with Crippen molar-refractivity contribution in [3.63, 3.8) is 0 Å². The van der Waals surface area contributed by atoms with Crippen molar-refractivity contribution in [3.8, 4) is 6.07 Å². The maximum absolute atomic E-state index is 12.9. The minimum atomic E-state index is -4.62. The highest BCUT2D eigenvalue weighted by molar-refractivity contribution is 5.50. The molecule has 0 aliphatic carbocycles. The fourth-order valence-electron chi connectivity index (χ4n) is 1.75. The average molecular weight is 240 g/mol. The minimum Gasteiger partial charge on any atom is -0.275 e. The molecule has 88 valence electrons. The zero-order valence-electron chi connectivity index (χ0n) is 9.00. The highest BCUT2D eigenvalue weighted by Gasteiger charge is 2.37. The van der Waals surface area contributed by atoms with Gasteiger partial charge in [-0.2, -0.15) is 18.4 Å². The number of aryl methyl sites for hydroxylation is 2. The minimum absolute atomic E-state index is 0.119. The maximum atomic E-state index is 12.9. The summed E-state index contributed by atoms with van der Waals surface area (Å²) < 4.78 is 39.7. The Morgan fingerprint density at radius 2 is 2.00 bits per heavy atom. The van der Waals surface area contributed by atoms with Gasteiger partial charge in [0.1, 0.15) is 17.6 Å². The third-order valence-electron chi connectivity index (χ3n) is 2.37. The molecule has 0 atom stereocenters. The van der Waals surface area contributed by atoms with Crippen molar-refractivity contribution in [1.82, 2.24) is 14.4 Å². The SMILES string of the molecule is Cc1nc(C)n2c(C(F)(F)F)c(C#N)cnc12. The molecule has 0 aromatic carbocycles. The molecule has 4 nitrogen and oxygen atoms in total. The van der Waals surface area contributed by atoms with Gasteiger partial charge in [0.15, 0.2) is 5.65 Å². The van der Waals surface area contributed by atoms with E-state index in [0.29, 0.717) is 5.69 Å². The van der Waals surface area contributed by atoms with Crippen LogP contribution in [0.15, 0.2) is 6.20 Å². The molecular weight excluding hydrogens is 233 g/mol. The third kappa shape index (κ3) is 1.62. The maximum Gasteiger partial charge on any atom is 0.433 e. The number of aromatic nitrogens is 3. The van der Waals surface area contributed by atoms with Crippen LogP contribution in [0.4, 0.5) is 13.2 Å². The van der Waals surface area contributed by atoms with Gasteiger partial charge < -0.3 is 0 Å². The number of hydrogen-bond acceptors (Lipinski definition) is 3. The monoisotopic (exact) mass is 240 g/mol. The van der Waals surface area contributed by atoms with Gasteiger partial charge in [0.2, 0.25) is 0 Å². The van der Waals surface area contributed by atoms with Gasteiger partial charge in [-0.05, 0) is 13.8 Å². The van der Waals surface area contributed by atoms with Gasteiger partial charge in [-0.25, -0.2) is 9.97 Å². The Bertz CT molecular complexity index is 634. The molecule has 7 heteroatoms. The summed E-state index contributed by atoms with van der Waals surface area (Å²) in [6.07, 6.45) is -3.70. The summed E-state index contributed by atoms with van der Waals surface area (Å²) in [5.74, 6) is 0.162. The molecule has 2 aromatic heterocycles. The second-order valence-electron chi connectivity index (χ2n) is 3.53. The molecule has 0 saturated carbocycles. The Kier molecular flexibility index (Phi) is 2.31. The highest BCUT2D eigenvalue weighted by Crippen LogP contribution is 2.32. The number of hydrogen-bond donors (Lipinski definition) is 0. The summed E-state index contributed by atoms with van der Waals surface area (Å²) in [5, 5.41) is 8.72. The van der Waals surface area contributed by atoms with E-state index in [2.05, 4.69) is 9.97 Å². The summed E-state index contributed by atoms with van der Waals surface area (Å²) in [7, 11) is 0. The van der Waals surface area contributed by atoms with Gasteiger partial charge in [-0.3, -0.25) is 4.40 Å². The van der Waals surface area contributed by atoms with E-state index in [-0.39, 0.29) is 11.5 Å². The Balaban J connectivity index is 3.00. The van der Waals surface area contributed by atoms with Crippen LogP contribution in [0, 0.1) is 25.2 Å². The molecule has 0 N–H and O–H groups in total. The Hall–Kier alpha value is -2.10. The summed E-state index contributed by atoms with van der Waals surface area (Å²) in [6.45, 7) is 3.01. The summed E-state index contributed by atoms with van der Waals surface area (Å²) >= 11 is 0. The van der Waals surface area contributed by atoms with Crippen molar-refractivity contribution in [3.05, 3.63) is 29.0 Å². The first-order valence-corrected chi connectivity index (χ1v) is 4.68. The molecule has 0 spiro atoms. The first kappa shape index (κ1) is 11.4. The smallest absolute Gasteiger partial charge is 0.275 e. The van der Waals surface area contributed by atoms with E-state index in [1.807, 2.05) is 0 Å². The van der Waals surface area contributed by atoms with Crippen LogP contribution in [0.2, 0.25) is 0 Å². The van der Waals surface area contributed by atoms with E-state index in [1.54, 1.807) is 6.92 Å². The zero-order valence-corrected chi connectivity index (χ0v) is 9.00. The number of fused-ring (bicyclic) bond motifs is 1. The molecule has 0 amide bonds. The molecule has 0 saturated heterocycles. The van der Waals surface area contributed by atoms with Crippen LogP contribution < -0.4 is 0 Å². The van der Waals surface area contributed by atoms with Crippen molar-refractivity contribution in [1.29, 1.82) is 5.26 Å². The fourth-order valence-corrected chi connectivity index (χ4v) is 1.75. The first-order chi connectivity index (χ1) is 7.86. The van der Waals surface area contributed by atoms with Crippen LogP contribution in [0.5, 0.6) is 0 Å². The Morgan fingerprint density at radius 3 is 2.53 bits per heavy atom. The van der Waals surface area contributed by atoms with Gasteiger partial charge in [-0.1, -0.05) is 0 Å². The number of nitriles is 1. The van der Waals surface area contributed by atoms with Gasteiger partial charge >= 0.3 is 6.18 Å². The molecule has 2 heterocycles. The van der Waals surface area contributed by atoms with Crippen LogP contribution in [0.3, 0.4) is 0 Å². The second-order valence-corrected chi connectivity index (χ2v) is 3.53. The number of nitrogens with zero attached hydrogens (tertiary/aromatic N) is 4. The van der Waals surface area contributed by atoms with Gasteiger partial charge in [0.05, 0.1) is 11.3 Å². The van der Waals surface area contributed by atoms with Crippen LogP contribution in [-0.2, 0) is 6.18 Å². The molecule has 2 rings (SSSR count). The van der Waals surface area contributed by atoms with Crippen molar-refractivity contribution >= 4 is 5.65 Å². The molecule has 0 bridgehead atoms. The van der Waals surface area contributed by atoms with Gasteiger partial charge in [-0.15, -0.1) is 0 Å². The predicted molar refractivity (Wildman–Crippen MR) is 52.2 cm³/mol. The van der Waals surface area contributed by atoms with Crippen LogP contribution in [0.25, 0.3) is 5.65 Å². The van der Waals surface area contributed by atoms with Crippen LogP contribution >= 0.6 is 0 Å². The summed E-state index contributed by atoms with van der Waals surface area (Å²) in [4.78, 5) is 7.76. The topological polar surface area (TPSA) is 54.0 Å². The fraction of sp³-hybridized carbons (Fsp3) is 0.300. The lowest BCUT2D eigenvalue weighted by atomic mass is 10.2. The average Bonchev–Trinajstić information content (AvgIpc) is 2.52. The predicted octanol–water partition coefficient (Wildman–Crippen LogP) is 2.24. The third-order valence-corrected chi connectivity index (χ3v) is 2.37.